The lowest BCUT2D eigenvalue weighted by Crippen LogP contribution is -2.37. The van der Waals surface area contributed by atoms with Gasteiger partial charge in [-0.05, 0) is 56.7 Å². The Labute approximate surface area is 223 Å². The summed E-state index contributed by atoms with van der Waals surface area (Å²) in [7, 11) is 0. The topological polar surface area (TPSA) is 102 Å². The molecular weight excluding hydrogens is 550 g/mol. The van der Waals surface area contributed by atoms with E-state index < -0.39 is 11.6 Å². The van der Waals surface area contributed by atoms with Crippen LogP contribution in [-0.2, 0) is 24.4 Å². The molecule has 4 rings (SSSR count). The highest BCUT2D eigenvalue weighted by Gasteiger charge is 2.29. The first-order chi connectivity index (χ1) is 16.7. The number of carboxylic acid groups (broad SMARTS) is 1. The van der Waals surface area contributed by atoms with Gasteiger partial charge in [0.1, 0.15) is 17.8 Å². The van der Waals surface area contributed by atoms with Crippen LogP contribution in [0.25, 0.3) is 11.5 Å². The monoisotopic (exact) mass is 575 g/mol. The lowest BCUT2D eigenvalue weighted by Gasteiger charge is -2.22. The van der Waals surface area contributed by atoms with Gasteiger partial charge in [-0.2, -0.15) is 0 Å². The second kappa shape index (κ2) is 11.7. The normalized spacial score (nSPS) is 11.4. The Morgan fingerprint density at radius 2 is 1.89 bits per heavy atom. The molecular formula is C26H27BrClN3O5. The second-order valence-corrected chi connectivity index (χ2v) is 9.58. The average Bonchev–Trinajstić information content (AvgIpc) is 3.45. The van der Waals surface area contributed by atoms with Crippen LogP contribution in [0.5, 0.6) is 5.75 Å². The number of hydrogen-bond donors (Lipinski definition) is 1. The molecule has 190 valence electrons. The van der Waals surface area contributed by atoms with E-state index in [1.54, 1.807) is 24.6 Å². The summed E-state index contributed by atoms with van der Waals surface area (Å²) in [5.74, 6) is 1.38. The number of nitrogens with zero attached hydrogens (tertiary/aromatic N) is 3. The van der Waals surface area contributed by atoms with Crippen LogP contribution in [0.1, 0.15) is 36.8 Å². The quantitative estimate of drug-likeness (QED) is 0.236. The van der Waals surface area contributed by atoms with Crippen LogP contribution < -0.4 is 4.74 Å². The Kier molecular flexibility index (Phi) is 8.94. The third-order valence-electron chi connectivity index (χ3n) is 5.40. The van der Waals surface area contributed by atoms with Crippen molar-refractivity contribution in [1.29, 1.82) is 0 Å². The fourth-order valence-corrected chi connectivity index (χ4v) is 3.88. The number of halogens is 2. The number of benzene rings is 2. The molecule has 2 aromatic carbocycles. The lowest BCUT2D eigenvalue weighted by molar-refractivity contribution is -0.152. The predicted molar refractivity (Wildman–Crippen MR) is 140 cm³/mol. The van der Waals surface area contributed by atoms with Crippen LogP contribution in [0.4, 0.5) is 0 Å². The third-order valence-corrected chi connectivity index (χ3v) is 5.89. The van der Waals surface area contributed by atoms with Gasteiger partial charge in [-0.25, -0.2) is 14.8 Å². The van der Waals surface area contributed by atoms with E-state index >= 15 is 0 Å². The van der Waals surface area contributed by atoms with Crippen LogP contribution in [0.3, 0.4) is 0 Å². The lowest BCUT2D eigenvalue weighted by atomic mass is 10.1. The number of aryl methyl sites for hydroxylation is 1. The minimum atomic E-state index is -1.31. The van der Waals surface area contributed by atoms with Crippen molar-refractivity contribution in [3.8, 4) is 17.2 Å². The fraction of sp³-hybridized carbons (Fsp3) is 0.269. The number of hydrogen-bond acceptors (Lipinski definition) is 7. The summed E-state index contributed by atoms with van der Waals surface area (Å²) in [5.41, 5.74) is 1.43. The van der Waals surface area contributed by atoms with E-state index in [1.165, 1.54) is 13.8 Å². The summed E-state index contributed by atoms with van der Waals surface area (Å²) in [5, 5.41) is 9.29. The SMILES string of the molecule is Cc1oc(-c2cccc(Br)c2)nc1CN(Cc1ccc(OC(C)(C)C(=O)O)cc1)Cc1ncco1.Cl. The number of aliphatic carboxylic acids is 1. The van der Waals surface area contributed by atoms with Gasteiger partial charge < -0.3 is 18.7 Å². The first kappa shape index (κ1) is 27.4. The van der Waals surface area contributed by atoms with Gasteiger partial charge in [-0.1, -0.05) is 34.1 Å². The predicted octanol–water partition coefficient (Wildman–Crippen LogP) is 6.27. The van der Waals surface area contributed by atoms with Gasteiger partial charge >= 0.3 is 5.97 Å². The number of ether oxygens (including phenoxy) is 1. The zero-order valence-corrected chi connectivity index (χ0v) is 22.5. The molecule has 0 spiro atoms. The summed E-state index contributed by atoms with van der Waals surface area (Å²) in [6.07, 6.45) is 3.17. The van der Waals surface area contributed by atoms with Crippen molar-refractivity contribution in [2.75, 3.05) is 0 Å². The number of rotatable bonds is 10. The van der Waals surface area contributed by atoms with E-state index in [4.69, 9.17) is 18.6 Å². The van der Waals surface area contributed by atoms with E-state index in [0.29, 0.717) is 37.2 Å². The van der Waals surface area contributed by atoms with Crippen molar-refractivity contribution < 1.29 is 23.5 Å². The molecule has 0 saturated carbocycles. The van der Waals surface area contributed by atoms with E-state index in [9.17, 15) is 9.90 Å². The fourth-order valence-electron chi connectivity index (χ4n) is 3.48. The molecule has 1 N–H and O–H groups in total. The zero-order chi connectivity index (χ0) is 25.0. The van der Waals surface area contributed by atoms with Crippen LogP contribution in [0.15, 0.2) is 74.3 Å². The maximum atomic E-state index is 11.3. The van der Waals surface area contributed by atoms with Crippen LogP contribution in [0, 0.1) is 6.92 Å². The van der Waals surface area contributed by atoms with Crippen molar-refractivity contribution >= 4 is 34.3 Å². The Bertz CT molecular complexity index is 1290. The Balaban J connectivity index is 0.00000361. The molecule has 0 saturated heterocycles. The summed E-state index contributed by atoms with van der Waals surface area (Å²) in [4.78, 5) is 22.5. The molecule has 0 radical (unpaired) electrons. The average molecular weight is 577 g/mol. The van der Waals surface area contributed by atoms with Gasteiger partial charge in [0.15, 0.2) is 5.60 Å². The number of carboxylic acids is 1. The molecule has 36 heavy (non-hydrogen) atoms. The van der Waals surface area contributed by atoms with Crippen molar-refractivity contribution in [1.82, 2.24) is 14.9 Å². The molecule has 0 unspecified atom stereocenters. The minimum Gasteiger partial charge on any atom is -0.478 e. The van der Waals surface area contributed by atoms with E-state index in [1.807, 2.05) is 43.3 Å². The summed E-state index contributed by atoms with van der Waals surface area (Å²) in [6.45, 7) is 6.53. The molecule has 4 aromatic rings. The highest BCUT2D eigenvalue weighted by molar-refractivity contribution is 9.10. The molecule has 2 aromatic heterocycles. The zero-order valence-electron chi connectivity index (χ0n) is 20.1. The van der Waals surface area contributed by atoms with Crippen molar-refractivity contribution in [3.63, 3.8) is 0 Å². The van der Waals surface area contributed by atoms with E-state index in [2.05, 4.69) is 25.8 Å². The van der Waals surface area contributed by atoms with E-state index in [-0.39, 0.29) is 12.4 Å². The van der Waals surface area contributed by atoms with Crippen molar-refractivity contribution in [2.45, 2.75) is 46.0 Å². The Morgan fingerprint density at radius 1 is 1.14 bits per heavy atom. The molecule has 0 bridgehead atoms. The van der Waals surface area contributed by atoms with Gasteiger partial charge in [0.25, 0.3) is 0 Å². The minimum absolute atomic E-state index is 0. The van der Waals surface area contributed by atoms with Crippen molar-refractivity contribution in [3.05, 3.63) is 88.4 Å². The molecule has 0 aliphatic heterocycles. The van der Waals surface area contributed by atoms with Gasteiger partial charge in [0.2, 0.25) is 11.8 Å². The molecule has 0 fully saturated rings. The van der Waals surface area contributed by atoms with Gasteiger partial charge in [0, 0.05) is 23.1 Å². The van der Waals surface area contributed by atoms with Crippen LogP contribution in [0.2, 0.25) is 0 Å². The standard InChI is InChI=1S/C26H26BrN3O5.ClH/c1-17-22(29-24(34-17)19-5-4-6-20(27)13-19)15-30(16-23-28-11-12-33-23)14-18-7-9-21(10-8-18)35-26(2,3)25(31)32;/h4-13H,14-16H2,1-3H3,(H,31,32);1H. The molecule has 8 nitrogen and oxygen atoms in total. The summed E-state index contributed by atoms with van der Waals surface area (Å²) < 4.78 is 18.0. The molecule has 10 heteroatoms. The maximum absolute atomic E-state index is 11.3. The van der Waals surface area contributed by atoms with Gasteiger partial charge in [-0.3, -0.25) is 4.90 Å². The number of aromatic nitrogens is 2. The molecule has 2 heterocycles. The largest absolute Gasteiger partial charge is 0.478 e. The number of carbonyl (C=O) groups is 1. The second-order valence-electron chi connectivity index (χ2n) is 8.66. The highest BCUT2D eigenvalue weighted by atomic mass is 79.9. The third kappa shape index (κ3) is 6.96. The summed E-state index contributed by atoms with van der Waals surface area (Å²) >= 11 is 3.49. The molecule has 0 aliphatic rings. The van der Waals surface area contributed by atoms with Gasteiger partial charge in [-0.15, -0.1) is 12.4 Å². The Hall–Kier alpha value is -3.14. The number of oxazole rings is 2. The smallest absolute Gasteiger partial charge is 0.347 e. The molecule has 0 amide bonds. The van der Waals surface area contributed by atoms with Crippen LogP contribution in [-0.4, -0.2) is 31.5 Å². The van der Waals surface area contributed by atoms with E-state index in [0.717, 1.165) is 27.1 Å². The first-order valence-corrected chi connectivity index (χ1v) is 11.8. The Morgan fingerprint density at radius 3 is 2.53 bits per heavy atom. The van der Waals surface area contributed by atoms with Gasteiger partial charge in [0.05, 0.1) is 18.4 Å². The summed E-state index contributed by atoms with van der Waals surface area (Å²) in [6, 6.07) is 15.2. The maximum Gasteiger partial charge on any atom is 0.347 e. The highest BCUT2D eigenvalue weighted by Crippen LogP contribution is 2.26. The first-order valence-electron chi connectivity index (χ1n) is 11.0. The molecule has 0 atom stereocenters. The van der Waals surface area contributed by atoms with Crippen molar-refractivity contribution in [2.24, 2.45) is 0 Å². The molecule has 0 aliphatic carbocycles. The van der Waals surface area contributed by atoms with Crippen LogP contribution >= 0.6 is 28.3 Å².